The highest BCUT2D eigenvalue weighted by Crippen LogP contribution is 2.24. The summed E-state index contributed by atoms with van der Waals surface area (Å²) in [6.45, 7) is 0.0344. The van der Waals surface area contributed by atoms with Crippen molar-refractivity contribution in [2.45, 2.75) is 0 Å². The molecule has 0 amide bonds. The topological polar surface area (TPSA) is 26.3 Å². The van der Waals surface area contributed by atoms with Crippen LogP contribution < -0.4 is 4.74 Å². The van der Waals surface area contributed by atoms with Gasteiger partial charge < -0.3 is 4.74 Å². The summed E-state index contributed by atoms with van der Waals surface area (Å²) in [5, 5.41) is -0.298. The van der Waals surface area contributed by atoms with E-state index in [1.165, 1.54) is 0 Å². The number of carbonyl (C=O) groups is 1. The van der Waals surface area contributed by atoms with Crippen LogP contribution in [0.2, 0.25) is 5.02 Å². The van der Waals surface area contributed by atoms with Crippen molar-refractivity contribution >= 4 is 18.1 Å². The van der Waals surface area contributed by atoms with Gasteiger partial charge in [-0.05, 0) is 0 Å². The summed E-state index contributed by atoms with van der Waals surface area (Å²) in [5.74, 6) is -2.26. The summed E-state index contributed by atoms with van der Waals surface area (Å²) in [6.07, 6.45) is 0. The zero-order valence-electron chi connectivity index (χ0n) is 5.68. The minimum Gasteiger partial charge on any atom is -0.426 e. The molecule has 5 heteroatoms. The monoisotopic (exact) mass is 192 g/mol. The maximum absolute atomic E-state index is 12.6. The summed E-state index contributed by atoms with van der Waals surface area (Å²) in [7, 11) is 0. The molecule has 0 atom stereocenters. The van der Waals surface area contributed by atoms with Crippen molar-refractivity contribution in [2.75, 3.05) is 0 Å². The van der Waals surface area contributed by atoms with Gasteiger partial charge in [0, 0.05) is 12.1 Å². The Morgan fingerprint density at radius 1 is 1.33 bits per heavy atom. The molecule has 0 saturated carbocycles. The van der Waals surface area contributed by atoms with Gasteiger partial charge in [0.05, 0.1) is 5.02 Å². The van der Waals surface area contributed by atoms with E-state index in [0.29, 0.717) is 6.07 Å². The fourth-order valence-electron chi connectivity index (χ4n) is 0.646. The van der Waals surface area contributed by atoms with Gasteiger partial charge in [0.25, 0.3) is 6.47 Å². The second-order valence-corrected chi connectivity index (χ2v) is 2.32. The lowest BCUT2D eigenvalue weighted by Gasteiger charge is -2.00. The first kappa shape index (κ1) is 8.93. The van der Waals surface area contributed by atoms with E-state index in [-0.39, 0.29) is 11.5 Å². The third kappa shape index (κ3) is 1.71. The molecule has 64 valence electrons. The van der Waals surface area contributed by atoms with Crippen molar-refractivity contribution in [2.24, 2.45) is 0 Å². The molecule has 0 aliphatic carbocycles. The molecule has 0 aliphatic heterocycles. The molecular weight excluding hydrogens is 190 g/mol. The van der Waals surface area contributed by atoms with Gasteiger partial charge in [0.2, 0.25) is 0 Å². The van der Waals surface area contributed by atoms with Gasteiger partial charge in [-0.3, -0.25) is 4.79 Å². The lowest BCUT2D eigenvalue weighted by atomic mass is 10.3. The van der Waals surface area contributed by atoms with E-state index in [9.17, 15) is 13.6 Å². The number of halogens is 3. The Labute approximate surface area is 71.7 Å². The van der Waals surface area contributed by atoms with E-state index in [1.54, 1.807) is 0 Å². The number of hydrogen-bond acceptors (Lipinski definition) is 2. The van der Waals surface area contributed by atoms with Crippen LogP contribution in [-0.2, 0) is 4.79 Å². The molecule has 0 aromatic heterocycles. The molecule has 0 bridgehead atoms. The van der Waals surface area contributed by atoms with Gasteiger partial charge in [0.15, 0.2) is 11.6 Å². The molecule has 1 aromatic carbocycles. The van der Waals surface area contributed by atoms with Crippen LogP contribution in [0.15, 0.2) is 12.1 Å². The predicted octanol–water partition coefficient (Wildman–Crippen LogP) is 2.15. The molecule has 0 unspecified atom stereocenters. The SMILES string of the molecule is O=COc1cc(Cl)c(F)cc1F. The lowest BCUT2D eigenvalue weighted by molar-refractivity contribution is -0.120. The Balaban J connectivity index is 3.13. The van der Waals surface area contributed by atoms with Gasteiger partial charge >= 0.3 is 0 Å². The first-order chi connectivity index (χ1) is 5.65. The molecule has 12 heavy (non-hydrogen) atoms. The van der Waals surface area contributed by atoms with Crippen molar-refractivity contribution in [3.05, 3.63) is 28.8 Å². The fourth-order valence-corrected chi connectivity index (χ4v) is 0.800. The third-order valence-corrected chi connectivity index (χ3v) is 1.44. The highest BCUT2D eigenvalue weighted by molar-refractivity contribution is 6.30. The predicted molar refractivity (Wildman–Crippen MR) is 38.1 cm³/mol. The smallest absolute Gasteiger partial charge is 0.298 e. The Morgan fingerprint density at radius 3 is 2.58 bits per heavy atom. The van der Waals surface area contributed by atoms with Gasteiger partial charge in [-0.25, -0.2) is 8.78 Å². The number of rotatable bonds is 2. The highest BCUT2D eigenvalue weighted by atomic mass is 35.5. The average Bonchev–Trinajstić information content (AvgIpc) is 2.01. The summed E-state index contributed by atoms with van der Waals surface area (Å²) in [4.78, 5) is 9.80. The Bertz CT molecular complexity index is 315. The van der Waals surface area contributed by atoms with Crippen LogP contribution >= 0.6 is 11.6 Å². The molecule has 0 aliphatic rings. The van der Waals surface area contributed by atoms with Crippen LogP contribution in [0.25, 0.3) is 0 Å². The van der Waals surface area contributed by atoms with Gasteiger partial charge in [-0.2, -0.15) is 0 Å². The summed E-state index contributed by atoms with van der Waals surface area (Å²) in [5.41, 5.74) is 0. The minimum atomic E-state index is -0.969. The van der Waals surface area contributed by atoms with E-state index < -0.39 is 17.4 Å². The number of ether oxygens (including phenoxy) is 1. The van der Waals surface area contributed by atoms with Crippen LogP contribution in [-0.4, -0.2) is 6.47 Å². The minimum absolute atomic E-state index is 0.0344. The van der Waals surface area contributed by atoms with Gasteiger partial charge in [-0.15, -0.1) is 0 Å². The van der Waals surface area contributed by atoms with E-state index >= 15 is 0 Å². The van der Waals surface area contributed by atoms with Crippen molar-refractivity contribution in [3.8, 4) is 5.75 Å². The Kier molecular flexibility index (Phi) is 2.60. The quantitative estimate of drug-likeness (QED) is 0.530. The number of carbonyl (C=O) groups excluding carboxylic acids is 1. The molecule has 0 spiro atoms. The Hall–Kier alpha value is -1.16. The Morgan fingerprint density at radius 2 is 2.00 bits per heavy atom. The zero-order valence-corrected chi connectivity index (χ0v) is 6.44. The number of hydrogen-bond donors (Lipinski definition) is 0. The summed E-state index contributed by atoms with van der Waals surface area (Å²) in [6, 6.07) is 1.43. The van der Waals surface area contributed by atoms with E-state index in [4.69, 9.17) is 11.6 Å². The standard InChI is InChI=1S/C7H3ClF2O2/c8-4-1-7(12-3-11)6(10)2-5(4)9/h1-3H. The summed E-state index contributed by atoms with van der Waals surface area (Å²) < 4.78 is 29.3. The molecule has 0 fully saturated rings. The molecule has 1 aromatic rings. The van der Waals surface area contributed by atoms with E-state index in [1.807, 2.05) is 0 Å². The molecule has 0 N–H and O–H groups in total. The first-order valence-corrected chi connectivity index (χ1v) is 3.28. The maximum Gasteiger partial charge on any atom is 0.298 e. The van der Waals surface area contributed by atoms with Crippen molar-refractivity contribution in [1.29, 1.82) is 0 Å². The van der Waals surface area contributed by atoms with Gasteiger partial charge in [-0.1, -0.05) is 11.6 Å². The highest BCUT2D eigenvalue weighted by Gasteiger charge is 2.08. The molecule has 2 nitrogen and oxygen atoms in total. The fraction of sp³-hybridized carbons (Fsp3) is 0. The van der Waals surface area contributed by atoms with Crippen LogP contribution in [0.1, 0.15) is 0 Å². The molecular formula is C7H3ClF2O2. The summed E-state index contributed by atoms with van der Waals surface area (Å²) >= 11 is 5.28. The second-order valence-electron chi connectivity index (χ2n) is 1.91. The van der Waals surface area contributed by atoms with Crippen molar-refractivity contribution < 1.29 is 18.3 Å². The van der Waals surface area contributed by atoms with Crippen molar-refractivity contribution in [1.82, 2.24) is 0 Å². The average molecular weight is 193 g/mol. The van der Waals surface area contributed by atoms with Crippen LogP contribution in [0.4, 0.5) is 8.78 Å². The van der Waals surface area contributed by atoms with Crippen molar-refractivity contribution in [3.63, 3.8) is 0 Å². The van der Waals surface area contributed by atoms with E-state index in [2.05, 4.69) is 4.74 Å². The zero-order chi connectivity index (χ0) is 9.14. The number of benzene rings is 1. The first-order valence-electron chi connectivity index (χ1n) is 2.90. The maximum atomic E-state index is 12.6. The van der Waals surface area contributed by atoms with Gasteiger partial charge in [0.1, 0.15) is 5.82 Å². The largest absolute Gasteiger partial charge is 0.426 e. The van der Waals surface area contributed by atoms with Crippen LogP contribution in [0.3, 0.4) is 0 Å². The third-order valence-electron chi connectivity index (χ3n) is 1.15. The van der Waals surface area contributed by atoms with E-state index in [0.717, 1.165) is 6.07 Å². The molecule has 0 radical (unpaired) electrons. The molecule has 0 saturated heterocycles. The normalized spacial score (nSPS) is 9.58. The van der Waals surface area contributed by atoms with Crippen LogP contribution in [0.5, 0.6) is 5.75 Å². The lowest BCUT2D eigenvalue weighted by Crippen LogP contribution is -1.93. The molecule has 0 heterocycles. The van der Waals surface area contributed by atoms with Crippen LogP contribution in [0, 0.1) is 11.6 Å². The molecule has 1 rings (SSSR count). The second kappa shape index (κ2) is 3.49.